The van der Waals surface area contributed by atoms with Crippen LogP contribution in [0.4, 0.5) is 0 Å². The lowest BCUT2D eigenvalue weighted by Crippen LogP contribution is -1.65. The van der Waals surface area contributed by atoms with Crippen LogP contribution in [0.2, 0.25) is 0 Å². The highest BCUT2D eigenvalue weighted by molar-refractivity contribution is 9.10. The highest BCUT2D eigenvalue weighted by Gasteiger charge is 1.92. The maximum Gasteiger partial charge on any atom is 0.0454 e. The van der Waals surface area contributed by atoms with Crippen molar-refractivity contribution in [3.8, 4) is 0 Å². The number of hydrogen-bond acceptors (Lipinski definition) is 0. The van der Waals surface area contributed by atoms with Crippen LogP contribution in [0.1, 0.15) is 7.43 Å². The number of rotatable bonds is 0. The van der Waals surface area contributed by atoms with Gasteiger partial charge in [-0.05, 0) is 24.3 Å². The fourth-order valence-electron chi connectivity index (χ4n) is 1.02. The Morgan fingerprint density at radius 2 is 2.00 bits per heavy atom. The first-order chi connectivity index (χ1) is 4.86. The minimum absolute atomic E-state index is 0. The Bertz CT molecular complexity index is 351. The van der Waals surface area contributed by atoms with Crippen molar-refractivity contribution < 1.29 is 0 Å². The predicted molar refractivity (Wildman–Crippen MR) is 52.7 cm³/mol. The summed E-state index contributed by atoms with van der Waals surface area (Å²) in [6.45, 7) is 0. The molecule has 0 amide bonds. The van der Waals surface area contributed by atoms with Gasteiger partial charge in [0, 0.05) is 21.6 Å². The van der Waals surface area contributed by atoms with Gasteiger partial charge < -0.3 is 4.98 Å². The van der Waals surface area contributed by atoms with Gasteiger partial charge in [0.25, 0.3) is 0 Å². The van der Waals surface area contributed by atoms with Gasteiger partial charge in [0.15, 0.2) is 0 Å². The van der Waals surface area contributed by atoms with Crippen LogP contribution < -0.4 is 0 Å². The zero-order valence-corrected chi connectivity index (χ0v) is 6.85. The third-order valence-electron chi connectivity index (χ3n) is 1.52. The van der Waals surface area contributed by atoms with Crippen molar-refractivity contribution >= 4 is 26.8 Å². The molecule has 1 N–H and O–H groups in total. The van der Waals surface area contributed by atoms with Crippen molar-refractivity contribution in [1.29, 1.82) is 0 Å². The van der Waals surface area contributed by atoms with Gasteiger partial charge in [-0.25, -0.2) is 0 Å². The molecule has 0 atom stereocenters. The van der Waals surface area contributed by atoms with E-state index in [1.807, 2.05) is 12.3 Å². The zero-order chi connectivity index (χ0) is 6.97. The van der Waals surface area contributed by atoms with E-state index in [1.54, 1.807) is 0 Å². The van der Waals surface area contributed by atoms with Crippen molar-refractivity contribution in [2.45, 2.75) is 7.43 Å². The van der Waals surface area contributed by atoms with E-state index in [-0.39, 0.29) is 7.43 Å². The van der Waals surface area contributed by atoms with E-state index in [9.17, 15) is 0 Å². The van der Waals surface area contributed by atoms with Gasteiger partial charge in [0.2, 0.25) is 0 Å². The van der Waals surface area contributed by atoms with Crippen molar-refractivity contribution in [1.82, 2.24) is 4.98 Å². The topological polar surface area (TPSA) is 15.8 Å². The van der Waals surface area contributed by atoms with Crippen LogP contribution >= 0.6 is 15.9 Å². The second-order valence-electron chi connectivity index (χ2n) is 2.21. The first kappa shape index (κ1) is 8.34. The molecule has 0 aliphatic heterocycles. The van der Waals surface area contributed by atoms with E-state index in [2.05, 4.69) is 39.1 Å². The van der Waals surface area contributed by atoms with Crippen molar-refractivity contribution in [3.05, 3.63) is 34.9 Å². The highest BCUT2D eigenvalue weighted by Crippen LogP contribution is 2.17. The van der Waals surface area contributed by atoms with Crippen LogP contribution in [0.15, 0.2) is 34.9 Å². The SMILES string of the molecule is Brc1ccc2[nH]ccc2c1.C. The number of nitrogens with one attached hydrogen (secondary N) is 1. The normalized spacial score (nSPS) is 9.55. The Hall–Kier alpha value is -0.760. The fraction of sp³-hybridized carbons (Fsp3) is 0.111. The Labute approximate surface area is 74.6 Å². The van der Waals surface area contributed by atoms with E-state index >= 15 is 0 Å². The molecule has 1 nitrogen and oxygen atoms in total. The molecule has 58 valence electrons. The molecular formula is C9H10BrN. The zero-order valence-electron chi connectivity index (χ0n) is 5.26. The molecule has 0 radical (unpaired) electrons. The van der Waals surface area contributed by atoms with Crippen LogP contribution in [0, 0.1) is 0 Å². The fourth-order valence-corrected chi connectivity index (χ4v) is 1.40. The number of aromatic nitrogens is 1. The van der Waals surface area contributed by atoms with Crippen LogP contribution in [-0.4, -0.2) is 4.98 Å². The molecule has 2 rings (SSSR count). The van der Waals surface area contributed by atoms with Crippen LogP contribution in [0.3, 0.4) is 0 Å². The minimum Gasteiger partial charge on any atom is -0.361 e. The molecule has 1 aromatic carbocycles. The molecule has 0 aliphatic carbocycles. The van der Waals surface area contributed by atoms with Gasteiger partial charge in [0.05, 0.1) is 0 Å². The third kappa shape index (κ3) is 1.46. The molecule has 0 spiro atoms. The molecule has 2 aromatic rings. The lowest BCUT2D eigenvalue weighted by Gasteiger charge is -1.88. The summed E-state index contributed by atoms with van der Waals surface area (Å²) in [5.74, 6) is 0. The van der Waals surface area contributed by atoms with E-state index in [0.29, 0.717) is 0 Å². The highest BCUT2D eigenvalue weighted by atomic mass is 79.9. The molecule has 1 heterocycles. The van der Waals surface area contributed by atoms with Crippen molar-refractivity contribution in [3.63, 3.8) is 0 Å². The molecule has 11 heavy (non-hydrogen) atoms. The second-order valence-corrected chi connectivity index (χ2v) is 3.12. The largest absolute Gasteiger partial charge is 0.361 e. The van der Waals surface area contributed by atoms with E-state index in [4.69, 9.17) is 0 Å². The molecule has 1 aromatic heterocycles. The Morgan fingerprint density at radius 1 is 1.18 bits per heavy atom. The average Bonchev–Trinajstić information content (AvgIpc) is 2.33. The van der Waals surface area contributed by atoms with Gasteiger partial charge >= 0.3 is 0 Å². The molecule has 0 unspecified atom stereocenters. The van der Waals surface area contributed by atoms with Gasteiger partial charge in [-0.1, -0.05) is 23.4 Å². The molecular weight excluding hydrogens is 202 g/mol. The Balaban J connectivity index is 0.000000605. The summed E-state index contributed by atoms with van der Waals surface area (Å²) in [5.41, 5.74) is 1.18. The van der Waals surface area contributed by atoms with Crippen molar-refractivity contribution in [2.24, 2.45) is 0 Å². The van der Waals surface area contributed by atoms with Gasteiger partial charge in [-0.15, -0.1) is 0 Å². The lowest BCUT2D eigenvalue weighted by molar-refractivity contribution is 1.48. The maximum absolute atomic E-state index is 3.40. The summed E-state index contributed by atoms with van der Waals surface area (Å²) in [6, 6.07) is 8.23. The standard InChI is InChI=1S/C8H6BrN.CH4/c9-7-1-2-8-6(5-7)3-4-10-8;/h1-5,10H;1H4. The summed E-state index contributed by atoms with van der Waals surface area (Å²) in [6.07, 6.45) is 1.94. The molecule has 0 bridgehead atoms. The summed E-state index contributed by atoms with van der Waals surface area (Å²) in [5, 5.41) is 1.24. The van der Waals surface area contributed by atoms with Crippen LogP contribution in [0.5, 0.6) is 0 Å². The van der Waals surface area contributed by atoms with Gasteiger partial charge in [-0.2, -0.15) is 0 Å². The van der Waals surface area contributed by atoms with Crippen molar-refractivity contribution in [2.75, 3.05) is 0 Å². The average molecular weight is 212 g/mol. The number of fused-ring (bicyclic) bond motifs is 1. The number of hydrogen-bond donors (Lipinski definition) is 1. The second kappa shape index (κ2) is 3.09. The van der Waals surface area contributed by atoms with E-state index < -0.39 is 0 Å². The monoisotopic (exact) mass is 211 g/mol. The van der Waals surface area contributed by atoms with E-state index in [0.717, 1.165) is 4.47 Å². The van der Waals surface area contributed by atoms with E-state index in [1.165, 1.54) is 10.9 Å². The van der Waals surface area contributed by atoms with Crippen LogP contribution in [-0.2, 0) is 0 Å². The summed E-state index contributed by atoms with van der Waals surface area (Å²) >= 11 is 3.40. The number of benzene rings is 1. The molecule has 0 saturated carbocycles. The first-order valence-corrected chi connectivity index (χ1v) is 3.88. The number of aromatic amines is 1. The third-order valence-corrected chi connectivity index (χ3v) is 2.01. The maximum atomic E-state index is 3.40. The number of H-pyrrole nitrogens is 1. The Morgan fingerprint density at radius 3 is 2.82 bits per heavy atom. The predicted octanol–water partition coefficient (Wildman–Crippen LogP) is 3.57. The molecule has 0 saturated heterocycles. The Kier molecular flexibility index (Phi) is 2.35. The smallest absolute Gasteiger partial charge is 0.0454 e. The number of halogens is 1. The quantitative estimate of drug-likeness (QED) is 0.687. The van der Waals surface area contributed by atoms with Crippen LogP contribution in [0.25, 0.3) is 10.9 Å². The molecule has 0 fully saturated rings. The first-order valence-electron chi connectivity index (χ1n) is 3.09. The summed E-state index contributed by atoms with van der Waals surface area (Å²) < 4.78 is 1.12. The van der Waals surface area contributed by atoms with Gasteiger partial charge in [-0.3, -0.25) is 0 Å². The summed E-state index contributed by atoms with van der Waals surface area (Å²) in [7, 11) is 0. The summed E-state index contributed by atoms with van der Waals surface area (Å²) in [4.78, 5) is 3.13. The minimum atomic E-state index is 0. The van der Waals surface area contributed by atoms with Gasteiger partial charge in [0.1, 0.15) is 0 Å². The molecule has 2 heteroatoms. The molecule has 0 aliphatic rings. The lowest BCUT2D eigenvalue weighted by atomic mass is 10.3.